The zero-order valence-corrected chi connectivity index (χ0v) is 15.2. The average molecular weight is 343 g/mol. The number of aryl methyl sites for hydroxylation is 1. The van der Waals surface area contributed by atoms with Gasteiger partial charge >= 0.3 is 0 Å². The fraction of sp³-hybridized carbons (Fsp3) is 0.714. The topological polar surface area (TPSA) is 59.4 Å². The molecule has 4 nitrogen and oxygen atoms in total. The molecule has 1 heterocycles. The summed E-state index contributed by atoms with van der Waals surface area (Å²) in [4.78, 5) is 17.0. The first-order chi connectivity index (χ1) is 12.1. The molecule has 0 spiro atoms. The van der Waals surface area contributed by atoms with Crippen molar-refractivity contribution in [2.24, 2.45) is 17.8 Å². The molecule has 1 unspecified atom stereocenters. The second kappa shape index (κ2) is 6.71. The number of ether oxygens (including phenoxy) is 1. The lowest BCUT2D eigenvalue weighted by atomic mass is 9.61. The number of hydrogen-bond acceptors (Lipinski definition) is 4. The Kier molecular flexibility index (Phi) is 4.57. The fourth-order valence-electron chi connectivity index (χ4n) is 4.67. The highest BCUT2D eigenvalue weighted by Crippen LogP contribution is 2.55. The minimum absolute atomic E-state index is 0.334. The maximum absolute atomic E-state index is 12.4. The van der Waals surface area contributed by atoms with E-state index in [1.807, 2.05) is 6.20 Å². The molecule has 1 aromatic rings. The Labute approximate surface area is 150 Å². The summed E-state index contributed by atoms with van der Waals surface area (Å²) in [6.07, 6.45) is 9.80. The van der Waals surface area contributed by atoms with Crippen LogP contribution in [-0.2, 0) is 17.6 Å². The quantitative estimate of drug-likeness (QED) is 0.889. The number of carbonyl (C=O) groups is 1. The largest absolute Gasteiger partial charge is 0.492 e. The van der Waals surface area contributed by atoms with Crippen LogP contribution in [-0.4, -0.2) is 28.1 Å². The molecule has 4 heteroatoms. The van der Waals surface area contributed by atoms with Crippen molar-refractivity contribution in [2.45, 2.75) is 70.3 Å². The summed E-state index contributed by atoms with van der Waals surface area (Å²) in [7, 11) is 0. The smallest absolute Gasteiger partial charge is 0.137 e. The Morgan fingerprint density at radius 2 is 2.04 bits per heavy atom. The molecule has 0 bridgehead atoms. The van der Waals surface area contributed by atoms with E-state index in [-0.39, 0.29) is 0 Å². The van der Waals surface area contributed by atoms with Crippen molar-refractivity contribution in [3.05, 3.63) is 23.5 Å². The molecule has 1 aromatic heterocycles. The lowest BCUT2D eigenvalue weighted by Crippen LogP contribution is -2.49. The molecule has 1 atom stereocenters. The first-order valence-corrected chi connectivity index (χ1v) is 9.92. The van der Waals surface area contributed by atoms with Crippen molar-refractivity contribution in [2.75, 3.05) is 6.61 Å². The van der Waals surface area contributed by atoms with Gasteiger partial charge in [-0.15, -0.1) is 0 Å². The van der Waals surface area contributed by atoms with Crippen molar-refractivity contribution in [3.63, 3.8) is 0 Å². The molecule has 0 saturated heterocycles. The van der Waals surface area contributed by atoms with Gasteiger partial charge in [0, 0.05) is 18.5 Å². The summed E-state index contributed by atoms with van der Waals surface area (Å²) < 4.78 is 5.71. The van der Waals surface area contributed by atoms with E-state index < -0.39 is 5.60 Å². The van der Waals surface area contributed by atoms with Crippen LogP contribution in [0.2, 0.25) is 0 Å². The number of aliphatic hydroxyl groups is 1. The highest BCUT2D eigenvalue weighted by atomic mass is 16.5. The van der Waals surface area contributed by atoms with Crippen LogP contribution in [0, 0.1) is 17.8 Å². The van der Waals surface area contributed by atoms with Crippen LogP contribution in [0.4, 0.5) is 0 Å². The number of nitrogens with zero attached hydrogens (tertiary/aromatic N) is 1. The van der Waals surface area contributed by atoms with Gasteiger partial charge in [0.1, 0.15) is 11.5 Å². The lowest BCUT2D eigenvalue weighted by Gasteiger charge is -2.48. The van der Waals surface area contributed by atoms with Crippen LogP contribution in [0.15, 0.2) is 12.3 Å². The molecule has 2 saturated carbocycles. The van der Waals surface area contributed by atoms with Gasteiger partial charge in [-0.05, 0) is 74.3 Å². The normalized spacial score (nSPS) is 32.3. The van der Waals surface area contributed by atoms with E-state index in [1.54, 1.807) is 0 Å². The standard InChI is InChI=1S/C21H29NO3/c1-2-7-25-19-9-14-3-6-18(23)8-15(10-20(14)22-13-19)16-11-21(24,12-16)17-4-5-17/h9,13,15-17,24H,2-8,10-12H2,1H3. The Morgan fingerprint density at radius 1 is 1.24 bits per heavy atom. The maximum atomic E-state index is 12.4. The first kappa shape index (κ1) is 17.0. The number of Topliss-reactive ketones (excluding diaryl/α,β-unsaturated/α-hetero) is 1. The number of aromatic nitrogens is 1. The number of ketones is 1. The van der Waals surface area contributed by atoms with Gasteiger partial charge in [-0.3, -0.25) is 9.78 Å². The molecule has 3 aliphatic carbocycles. The van der Waals surface area contributed by atoms with Gasteiger partial charge in [0.15, 0.2) is 0 Å². The van der Waals surface area contributed by atoms with Crippen LogP contribution < -0.4 is 4.74 Å². The predicted molar refractivity (Wildman–Crippen MR) is 95.6 cm³/mol. The molecule has 3 aliphatic rings. The van der Waals surface area contributed by atoms with Gasteiger partial charge in [-0.1, -0.05) is 6.92 Å². The molecule has 25 heavy (non-hydrogen) atoms. The monoisotopic (exact) mass is 343 g/mol. The SMILES string of the molecule is CCCOc1cnc2c(c1)CCC(=O)CC(C1CC(O)(C3CC3)C1)C2. The Balaban J connectivity index is 1.48. The van der Waals surface area contributed by atoms with E-state index >= 15 is 0 Å². The third-order valence-corrected chi connectivity index (χ3v) is 6.36. The van der Waals surface area contributed by atoms with Gasteiger partial charge in [-0.2, -0.15) is 0 Å². The molecular formula is C21H29NO3. The van der Waals surface area contributed by atoms with E-state index in [1.165, 1.54) is 18.4 Å². The number of fused-ring (bicyclic) bond motifs is 1. The van der Waals surface area contributed by atoms with Gasteiger partial charge < -0.3 is 9.84 Å². The van der Waals surface area contributed by atoms with E-state index in [4.69, 9.17) is 4.74 Å². The number of rotatable bonds is 5. The number of hydrogen-bond donors (Lipinski definition) is 1. The Morgan fingerprint density at radius 3 is 2.76 bits per heavy atom. The zero-order valence-electron chi connectivity index (χ0n) is 15.2. The molecular weight excluding hydrogens is 314 g/mol. The van der Waals surface area contributed by atoms with Gasteiger partial charge in [0.2, 0.25) is 0 Å². The molecule has 1 N–H and O–H groups in total. The third kappa shape index (κ3) is 3.59. The second-order valence-corrected chi connectivity index (χ2v) is 8.38. The van der Waals surface area contributed by atoms with Crippen molar-refractivity contribution in [3.8, 4) is 5.75 Å². The van der Waals surface area contributed by atoms with E-state index in [9.17, 15) is 9.90 Å². The van der Waals surface area contributed by atoms with Gasteiger partial charge in [0.25, 0.3) is 0 Å². The first-order valence-electron chi connectivity index (χ1n) is 9.92. The fourth-order valence-corrected chi connectivity index (χ4v) is 4.67. The summed E-state index contributed by atoms with van der Waals surface area (Å²) in [5.74, 6) is 2.50. The third-order valence-electron chi connectivity index (χ3n) is 6.36. The summed E-state index contributed by atoms with van der Waals surface area (Å²) >= 11 is 0. The van der Waals surface area contributed by atoms with Crippen molar-refractivity contribution >= 4 is 5.78 Å². The van der Waals surface area contributed by atoms with Crippen LogP contribution in [0.3, 0.4) is 0 Å². The summed E-state index contributed by atoms with van der Waals surface area (Å²) in [6, 6.07) is 2.08. The van der Waals surface area contributed by atoms with E-state index in [0.29, 0.717) is 43.0 Å². The lowest BCUT2D eigenvalue weighted by molar-refractivity contribution is -0.127. The molecule has 0 aliphatic heterocycles. The summed E-state index contributed by atoms with van der Waals surface area (Å²) in [5.41, 5.74) is 1.87. The molecule has 4 rings (SSSR count). The van der Waals surface area contributed by atoms with Gasteiger partial charge in [0.05, 0.1) is 18.4 Å². The summed E-state index contributed by atoms with van der Waals surface area (Å²) in [5, 5.41) is 10.6. The number of carbonyl (C=O) groups excluding carboxylic acids is 1. The predicted octanol–water partition coefficient (Wildman–Crippen LogP) is 3.49. The van der Waals surface area contributed by atoms with E-state index in [2.05, 4.69) is 18.0 Å². The van der Waals surface area contributed by atoms with Gasteiger partial charge in [-0.25, -0.2) is 0 Å². The van der Waals surface area contributed by atoms with Crippen molar-refractivity contribution < 1.29 is 14.6 Å². The molecule has 0 aromatic carbocycles. The average Bonchev–Trinajstić information content (AvgIpc) is 3.39. The highest BCUT2D eigenvalue weighted by Gasteiger charge is 2.54. The van der Waals surface area contributed by atoms with Crippen LogP contribution in [0.5, 0.6) is 5.75 Å². The number of pyridine rings is 1. The van der Waals surface area contributed by atoms with Crippen LogP contribution in [0.1, 0.15) is 63.1 Å². The Hall–Kier alpha value is -1.42. The zero-order chi connectivity index (χ0) is 17.4. The van der Waals surface area contributed by atoms with Crippen LogP contribution >= 0.6 is 0 Å². The summed E-state index contributed by atoms with van der Waals surface area (Å²) in [6.45, 7) is 2.79. The molecule has 0 amide bonds. The molecule has 136 valence electrons. The maximum Gasteiger partial charge on any atom is 0.137 e. The van der Waals surface area contributed by atoms with Crippen molar-refractivity contribution in [1.29, 1.82) is 0 Å². The van der Waals surface area contributed by atoms with E-state index in [0.717, 1.165) is 43.5 Å². The van der Waals surface area contributed by atoms with Crippen molar-refractivity contribution in [1.82, 2.24) is 4.98 Å². The minimum atomic E-state index is -0.426. The highest BCUT2D eigenvalue weighted by molar-refractivity contribution is 5.79. The minimum Gasteiger partial charge on any atom is -0.492 e. The molecule has 0 radical (unpaired) electrons. The van der Waals surface area contributed by atoms with Crippen LogP contribution in [0.25, 0.3) is 0 Å². The Bertz CT molecular complexity index is 647. The molecule has 2 fully saturated rings. The second-order valence-electron chi connectivity index (χ2n) is 8.38.